The van der Waals surface area contributed by atoms with Gasteiger partial charge >= 0.3 is 0 Å². The number of nitrogens with one attached hydrogen (secondary N) is 4. The summed E-state index contributed by atoms with van der Waals surface area (Å²) in [6.45, 7) is 9.98. The summed E-state index contributed by atoms with van der Waals surface area (Å²) in [6, 6.07) is 14.8. The van der Waals surface area contributed by atoms with E-state index in [1.807, 2.05) is 12.3 Å². The van der Waals surface area contributed by atoms with Gasteiger partial charge in [0.15, 0.2) is 6.54 Å². The Balaban J connectivity index is 1.16. The van der Waals surface area contributed by atoms with E-state index in [1.165, 1.54) is 10.5 Å². The molecule has 0 atom stereocenters. The number of nitrogens with zero attached hydrogens (tertiary/aromatic N) is 1. The summed E-state index contributed by atoms with van der Waals surface area (Å²) in [4.78, 5) is 21.0. The van der Waals surface area contributed by atoms with E-state index in [4.69, 9.17) is 4.74 Å². The fourth-order valence-electron chi connectivity index (χ4n) is 4.21. The normalized spacial score (nSPS) is 18.3. The summed E-state index contributed by atoms with van der Waals surface area (Å²) in [5, 5.41) is 3.09. The van der Waals surface area contributed by atoms with Gasteiger partial charge in [-0.2, -0.15) is 0 Å². The molecule has 2 aromatic rings. The van der Waals surface area contributed by atoms with E-state index in [1.54, 1.807) is 4.90 Å². The van der Waals surface area contributed by atoms with E-state index < -0.39 is 0 Å². The highest BCUT2D eigenvalue weighted by Crippen LogP contribution is 2.05. The average molecular weight is 413 g/mol. The Hall–Kier alpha value is -2.48. The minimum Gasteiger partial charge on any atom is -0.370 e. The van der Waals surface area contributed by atoms with Crippen LogP contribution >= 0.6 is 0 Å². The predicted molar refractivity (Wildman–Crippen MR) is 114 cm³/mol. The predicted octanol–water partition coefficient (Wildman–Crippen LogP) is -2.06. The van der Waals surface area contributed by atoms with Crippen LogP contribution in [0.2, 0.25) is 0 Å². The van der Waals surface area contributed by atoms with Gasteiger partial charge in [-0.15, -0.1) is 0 Å². The van der Waals surface area contributed by atoms with Gasteiger partial charge in [-0.25, -0.2) is 4.98 Å². The summed E-state index contributed by atoms with van der Waals surface area (Å²) < 4.78 is 5.42. The van der Waals surface area contributed by atoms with Crippen LogP contribution in [0.15, 0.2) is 48.7 Å². The second-order valence-electron chi connectivity index (χ2n) is 8.29. The number of ether oxygens (including phenoxy) is 1. The summed E-state index contributed by atoms with van der Waals surface area (Å²) in [6.07, 6.45) is 1.96. The lowest BCUT2D eigenvalue weighted by molar-refractivity contribution is -0.921. The highest BCUT2D eigenvalue weighted by Gasteiger charge is 2.27. The summed E-state index contributed by atoms with van der Waals surface area (Å²) in [5.74, 6) is 1.28. The zero-order valence-electron chi connectivity index (χ0n) is 17.7. The molecule has 7 heteroatoms. The zero-order valence-corrected chi connectivity index (χ0v) is 17.7. The van der Waals surface area contributed by atoms with Crippen molar-refractivity contribution >= 4 is 11.7 Å². The molecule has 0 aliphatic carbocycles. The van der Waals surface area contributed by atoms with Crippen LogP contribution in [-0.4, -0.2) is 64.9 Å². The number of amides is 1. The molecule has 0 spiro atoms. The molecule has 1 amide bonds. The molecule has 4 rings (SSSR count). The number of morpholine rings is 1. The van der Waals surface area contributed by atoms with Gasteiger partial charge in [0.05, 0.1) is 19.4 Å². The monoisotopic (exact) mass is 412 g/mol. The second-order valence-corrected chi connectivity index (χ2v) is 8.29. The Labute approximate surface area is 178 Å². The Morgan fingerprint density at radius 3 is 2.40 bits per heavy atom. The van der Waals surface area contributed by atoms with Crippen molar-refractivity contribution in [2.24, 2.45) is 0 Å². The van der Waals surface area contributed by atoms with Gasteiger partial charge in [0.1, 0.15) is 45.8 Å². The Kier molecular flexibility index (Phi) is 7.29. The van der Waals surface area contributed by atoms with Gasteiger partial charge in [0.25, 0.3) is 11.7 Å². The SMILES string of the molecule is O=C(C[NH+]1CCN(c2cccc[nH+]2)CC1)NCc1ccc(C[NH+]2CCOCC2)cc1. The molecule has 7 nitrogen and oxygen atoms in total. The number of carbonyl (C=O) groups excluding carboxylic acids is 1. The summed E-state index contributed by atoms with van der Waals surface area (Å²) in [5.41, 5.74) is 2.50. The smallest absolute Gasteiger partial charge is 0.275 e. The number of aromatic amines is 1. The van der Waals surface area contributed by atoms with Crippen LogP contribution in [0.3, 0.4) is 0 Å². The first-order valence-corrected chi connectivity index (χ1v) is 11.1. The van der Waals surface area contributed by atoms with E-state index in [0.717, 1.165) is 70.4 Å². The largest absolute Gasteiger partial charge is 0.370 e. The third-order valence-electron chi connectivity index (χ3n) is 6.08. The number of H-pyrrole nitrogens is 1. The number of hydrogen-bond acceptors (Lipinski definition) is 3. The maximum atomic E-state index is 12.4. The number of pyridine rings is 1. The van der Waals surface area contributed by atoms with Crippen molar-refractivity contribution in [2.45, 2.75) is 13.1 Å². The minimum atomic E-state index is 0.131. The Bertz CT molecular complexity index is 785. The number of piperazine rings is 1. The molecule has 0 radical (unpaired) electrons. The average Bonchev–Trinajstić information content (AvgIpc) is 2.80. The van der Waals surface area contributed by atoms with Gasteiger partial charge in [-0.05, 0) is 11.6 Å². The molecule has 2 saturated heterocycles. The molecule has 4 N–H and O–H groups in total. The summed E-state index contributed by atoms with van der Waals surface area (Å²) >= 11 is 0. The molecule has 0 saturated carbocycles. The molecule has 0 bridgehead atoms. The van der Waals surface area contributed by atoms with Crippen LogP contribution in [0.1, 0.15) is 11.1 Å². The van der Waals surface area contributed by atoms with Crippen LogP contribution in [0.5, 0.6) is 0 Å². The lowest BCUT2D eigenvalue weighted by atomic mass is 10.1. The molecule has 160 valence electrons. The van der Waals surface area contributed by atoms with Crippen molar-refractivity contribution in [3.05, 3.63) is 59.8 Å². The second kappa shape index (κ2) is 10.5. The highest BCUT2D eigenvalue weighted by molar-refractivity contribution is 5.76. The van der Waals surface area contributed by atoms with E-state index in [-0.39, 0.29) is 5.91 Å². The number of hydrogen-bond donors (Lipinski definition) is 3. The molecule has 1 aromatic heterocycles. The topological polar surface area (TPSA) is 64.6 Å². The van der Waals surface area contributed by atoms with Crippen LogP contribution in [0, 0.1) is 0 Å². The number of rotatable bonds is 7. The quantitative estimate of drug-likeness (QED) is 0.490. The summed E-state index contributed by atoms with van der Waals surface area (Å²) in [7, 11) is 0. The fraction of sp³-hybridized carbons (Fsp3) is 0.478. The van der Waals surface area contributed by atoms with E-state index >= 15 is 0 Å². The van der Waals surface area contributed by atoms with Crippen molar-refractivity contribution in [2.75, 3.05) is 63.9 Å². The lowest BCUT2D eigenvalue weighted by Crippen LogP contribution is -3.16. The standard InChI is InChI=1S/C23H31N5O2/c29-23(19-26-9-11-28(12-10-26)22-3-1-2-8-24-22)25-17-20-4-6-21(7-5-20)18-27-13-15-30-16-14-27/h1-8H,9-19H2,(H,25,29)/p+3. The van der Waals surface area contributed by atoms with Crippen molar-refractivity contribution in [1.82, 2.24) is 5.32 Å². The third kappa shape index (κ3) is 6.01. The maximum Gasteiger partial charge on any atom is 0.275 e. The number of benzene rings is 1. The number of aromatic nitrogens is 1. The van der Waals surface area contributed by atoms with Crippen LogP contribution in [-0.2, 0) is 22.6 Å². The molecular formula is C23H34N5O2+3. The first kappa shape index (κ1) is 20.8. The first-order valence-electron chi connectivity index (χ1n) is 11.1. The molecule has 1 aromatic carbocycles. The molecular weight excluding hydrogens is 378 g/mol. The zero-order chi connectivity index (χ0) is 20.6. The number of quaternary nitrogens is 2. The number of anilines is 1. The Morgan fingerprint density at radius 2 is 1.70 bits per heavy atom. The van der Waals surface area contributed by atoms with Gasteiger partial charge in [0.2, 0.25) is 0 Å². The molecule has 30 heavy (non-hydrogen) atoms. The fourth-order valence-corrected chi connectivity index (χ4v) is 4.21. The highest BCUT2D eigenvalue weighted by atomic mass is 16.5. The third-order valence-corrected chi connectivity index (χ3v) is 6.08. The van der Waals surface area contributed by atoms with Crippen molar-refractivity contribution in [3.63, 3.8) is 0 Å². The Morgan fingerprint density at radius 1 is 0.967 bits per heavy atom. The van der Waals surface area contributed by atoms with Crippen LogP contribution < -0.4 is 25.0 Å². The molecule has 2 fully saturated rings. The molecule has 0 unspecified atom stereocenters. The van der Waals surface area contributed by atoms with E-state index in [2.05, 4.69) is 51.6 Å². The van der Waals surface area contributed by atoms with Gasteiger partial charge < -0.3 is 19.9 Å². The van der Waals surface area contributed by atoms with Gasteiger partial charge in [0, 0.05) is 18.2 Å². The molecule has 3 heterocycles. The van der Waals surface area contributed by atoms with Crippen LogP contribution in [0.25, 0.3) is 0 Å². The van der Waals surface area contributed by atoms with Crippen molar-refractivity contribution in [3.8, 4) is 0 Å². The first-order chi connectivity index (χ1) is 14.8. The van der Waals surface area contributed by atoms with Crippen molar-refractivity contribution in [1.29, 1.82) is 0 Å². The van der Waals surface area contributed by atoms with E-state index in [0.29, 0.717) is 13.1 Å². The van der Waals surface area contributed by atoms with Gasteiger partial charge in [-0.3, -0.25) is 9.69 Å². The number of carbonyl (C=O) groups is 1. The maximum absolute atomic E-state index is 12.4. The van der Waals surface area contributed by atoms with Crippen molar-refractivity contribution < 1.29 is 24.3 Å². The molecule has 2 aliphatic heterocycles. The van der Waals surface area contributed by atoms with Gasteiger partial charge in [-0.1, -0.05) is 30.3 Å². The molecule has 2 aliphatic rings. The lowest BCUT2D eigenvalue weighted by Gasteiger charge is -2.27. The van der Waals surface area contributed by atoms with E-state index in [9.17, 15) is 4.79 Å². The van der Waals surface area contributed by atoms with Crippen LogP contribution in [0.4, 0.5) is 5.82 Å². The minimum absolute atomic E-state index is 0.131.